The lowest BCUT2D eigenvalue weighted by Gasteiger charge is -2.48. The van der Waals surface area contributed by atoms with Crippen LogP contribution in [0.3, 0.4) is 0 Å². The number of fused-ring (bicyclic) bond motifs is 5. The standard InChI is InChI=1S/C21H26O2S/c1-13(22)24-12-14-3-5-16-15(11-14)4-6-18-17(16)9-10-21(2)19(18)7-8-20(21)23/h3,5,11,17-19H,4,6-10,12H2,1-2H3/t17-,18-,19+,21+/m1/s1. The molecule has 0 unspecified atom stereocenters. The van der Waals surface area contributed by atoms with Gasteiger partial charge in [0, 0.05) is 24.5 Å². The molecule has 0 heterocycles. The maximum atomic E-state index is 12.4. The highest BCUT2D eigenvalue weighted by atomic mass is 32.2. The van der Waals surface area contributed by atoms with Crippen molar-refractivity contribution in [3.8, 4) is 0 Å². The third-order valence-electron chi connectivity index (χ3n) is 6.94. The molecule has 1 aromatic carbocycles. The molecule has 3 aliphatic rings. The fourth-order valence-electron chi connectivity index (χ4n) is 5.68. The first-order chi connectivity index (χ1) is 11.5. The van der Waals surface area contributed by atoms with Crippen molar-refractivity contribution in [3.05, 3.63) is 34.9 Å². The smallest absolute Gasteiger partial charge is 0.186 e. The van der Waals surface area contributed by atoms with E-state index in [1.807, 2.05) is 0 Å². The quantitative estimate of drug-likeness (QED) is 0.767. The summed E-state index contributed by atoms with van der Waals surface area (Å²) in [5.41, 5.74) is 4.26. The van der Waals surface area contributed by atoms with Gasteiger partial charge in [-0.2, -0.15) is 0 Å². The van der Waals surface area contributed by atoms with Gasteiger partial charge in [-0.15, -0.1) is 0 Å². The lowest BCUT2D eigenvalue weighted by Crippen LogP contribution is -2.42. The summed E-state index contributed by atoms with van der Waals surface area (Å²) < 4.78 is 0. The highest BCUT2D eigenvalue weighted by Crippen LogP contribution is 2.59. The van der Waals surface area contributed by atoms with Gasteiger partial charge in [-0.05, 0) is 66.5 Å². The zero-order chi connectivity index (χ0) is 16.9. The zero-order valence-electron chi connectivity index (χ0n) is 14.6. The number of benzene rings is 1. The Kier molecular flexibility index (Phi) is 4.11. The molecule has 4 atom stereocenters. The number of ketones is 1. The van der Waals surface area contributed by atoms with E-state index in [1.54, 1.807) is 6.92 Å². The Bertz CT molecular complexity index is 695. The maximum Gasteiger partial charge on any atom is 0.186 e. The molecule has 3 aliphatic carbocycles. The normalized spacial score (nSPS) is 34.4. The summed E-state index contributed by atoms with van der Waals surface area (Å²) >= 11 is 1.39. The molecule has 128 valence electrons. The summed E-state index contributed by atoms with van der Waals surface area (Å²) in [6.45, 7) is 3.87. The topological polar surface area (TPSA) is 34.1 Å². The number of thioether (sulfide) groups is 1. The number of carbonyl (C=O) groups excluding carboxylic acids is 2. The van der Waals surface area contributed by atoms with Crippen LogP contribution in [-0.2, 0) is 21.8 Å². The molecule has 0 bridgehead atoms. The Balaban J connectivity index is 1.59. The minimum absolute atomic E-state index is 0.0310. The summed E-state index contributed by atoms with van der Waals surface area (Å²) in [4.78, 5) is 23.6. The second kappa shape index (κ2) is 6.01. The molecular weight excluding hydrogens is 316 g/mol. The third kappa shape index (κ3) is 2.56. The van der Waals surface area contributed by atoms with Crippen LogP contribution in [-0.4, -0.2) is 10.9 Å². The Morgan fingerprint density at radius 2 is 2.08 bits per heavy atom. The van der Waals surface area contributed by atoms with Crippen molar-refractivity contribution in [1.82, 2.24) is 0 Å². The van der Waals surface area contributed by atoms with Crippen molar-refractivity contribution >= 4 is 22.7 Å². The lowest BCUT2D eigenvalue weighted by atomic mass is 9.55. The minimum atomic E-state index is -0.0310. The van der Waals surface area contributed by atoms with Crippen molar-refractivity contribution in [1.29, 1.82) is 0 Å². The third-order valence-corrected chi connectivity index (χ3v) is 7.83. The van der Waals surface area contributed by atoms with Crippen molar-refractivity contribution < 1.29 is 9.59 Å². The van der Waals surface area contributed by atoms with Crippen molar-refractivity contribution in [3.63, 3.8) is 0 Å². The largest absolute Gasteiger partial charge is 0.299 e. The average Bonchev–Trinajstić information content (AvgIpc) is 2.88. The van der Waals surface area contributed by atoms with Gasteiger partial charge in [-0.1, -0.05) is 36.9 Å². The first-order valence-electron chi connectivity index (χ1n) is 9.27. The number of hydrogen-bond donors (Lipinski definition) is 0. The lowest BCUT2D eigenvalue weighted by molar-refractivity contribution is -0.129. The predicted molar refractivity (Wildman–Crippen MR) is 98.0 cm³/mol. The summed E-state index contributed by atoms with van der Waals surface area (Å²) in [6.07, 6.45) is 6.51. The Morgan fingerprint density at radius 1 is 1.25 bits per heavy atom. The van der Waals surface area contributed by atoms with E-state index in [2.05, 4.69) is 25.1 Å². The fourth-order valence-corrected chi connectivity index (χ4v) is 6.23. The van der Waals surface area contributed by atoms with Crippen LogP contribution in [0, 0.1) is 17.3 Å². The Labute approximate surface area is 148 Å². The number of hydrogen-bond acceptors (Lipinski definition) is 3. The summed E-state index contributed by atoms with van der Waals surface area (Å²) in [7, 11) is 0. The van der Waals surface area contributed by atoms with E-state index < -0.39 is 0 Å². The molecule has 1 aromatic rings. The zero-order valence-corrected chi connectivity index (χ0v) is 15.5. The molecule has 0 spiro atoms. The van der Waals surface area contributed by atoms with Crippen LogP contribution in [0.5, 0.6) is 0 Å². The first kappa shape index (κ1) is 16.4. The van der Waals surface area contributed by atoms with E-state index in [4.69, 9.17) is 0 Å². The van der Waals surface area contributed by atoms with Gasteiger partial charge < -0.3 is 0 Å². The van der Waals surface area contributed by atoms with E-state index in [0.717, 1.165) is 37.9 Å². The molecule has 0 N–H and O–H groups in total. The highest BCUT2D eigenvalue weighted by molar-refractivity contribution is 8.12. The minimum Gasteiger partial charge on any atom is -0.299 e. The monoisotopic (exact) mass is 342 g/mol. The Hall–Kier alpha value is -1.09. The van der Waals surface area contributed by atoms with Gasteiger partial charge in [-0.25, -0.2) is 0 Å². The molecule has 2 saturated carbocycles. The average molecular weight is 343 g/mol. The molecule has 0 radical (unpaired) electrons. The molecule has 0 amide bonds. The van der Waals surface area contributed by atoms with Crippen LogP contribution >= 0.6 is 11.8 Å². The summed E-state index contributed by atoms with van der Waals surface area (Å²) in [5.74, 6) is 3.25. The van der Waals surface area contributed by atoms with Crippen LogP contribution in [0.15, 0.2) is 18.2 Å². The van der Waals surface area contributed by atoms with Gasteiger partial charge >= 0.3 is 0 Å². The molecule has 0 aliphatic heterocycles. The van der Waals surface area contributed by atoms with E-state index in [9.17, 15) is 9.59 Å². The van der Waals surface area contributed by atoms with Crippen molar-refractivity contribution in [2.75, 3.05) is 0 Å². The SMILES string of the molecule is CC(=O)SCc1ccc2c(c1)CC[C@@H]1[C@@H]2CC[C@]2(C)C(=O)CC[C@@H]12. The van der Waals surface area contributed by atoms with Crippen LogP contribution in [0.4, 0.5) is 0 Å². The Morgan fingerprint density at radius 3 is 2.88 bits per heavy atom. The van der Waals surface area contributed by atoms with E-state index in [1.165, 1.54) is 34.9 Å². The van der Waals surface area contributed by atoms with Crippen LogP contribution in [0.25, 0.3) is 0 Å². The molecule has 2 nitrogen and oxygen atoms in total. The van der Waals surface area contributed by atoms with E-state index >= 15 is 0 Å². The molecule has 0 aromatic heterocycles. The summed E-state index contributed by atoms with van der Waals surface area (Å²) in [6, 6.07) is 6.86. The number of carbonyl (C=O) groups is 2. The van der Waals surface area contributed by atoms with Gasteiger partial charge in [0.05, 0.1) is 0 Å². The summed E-state index contributed by atoms with van der Waals surface area (Å²) in [5, 5.41) is 0.185. The first-order valence-corrected chi connectivity index (χ1v) is 10.3. The van der Waals surface area contributed by atoms with Gasteiger partial charge in [-0.3, -0.25) is 9.59 Å². The van der Waals surface area contributed by atoms with Crippen LogP contribution in [0.2, 0.25) is 0 Å². The number of rotatable bonds is 2. The highest BCUT2D eigenvalue weighted by Gasteiger charge is 2.54. The van der Waals surface area contributed by atoms with Crippen LogP contribution in [0.1, 0.15) is 68.6 Å². The van der Waals surface area contributed by atoms with Crippen molar-refractivity contribution in [2.24, 2.45) is 17.3 Å². The predicted octanol–water partition coefficient (Wildman–Crippen LogP) is 4.89. The van der Waals surface area contributed by atoms with Gasteiger partial charge in [0.25, 0.3) is 0 Å². The molecule has 4 rings (SSSR count). The van der Waals surface area contributed by atoms with E-state index in [-0.39, 0.29) is 10.5 Å². The molecule has 3 heteroatoms. The number of aryl methyl sites for hydroxylation is 1. The van der Waals surface area contributed by atoms with Crippen molar-refractivity contribution in [2.45, 2.75) is 64.0 Å². The van der Waals surface area contributed by atoms with Gasteiger partial charge in [0.2, 0.25) is 0 Å². The van der Waals surface area contributed by atoms with Gasteiger partial charge in [0.1, 0.15) is 5.78 Å². The van der Waals surface area contributed by atoms with Gasteiger partial charge in [0.15, 0.2) is 5.12 Å². The van der Waals surface area contributed by atoms with E-state index in [0.29, 0.717) is 23.5 Å². The molecular formula is C21H26O2S. The fraction of sp³-hybridized carbons (Fsp3) is 0.619. The molecule has 24 heavy (non-hydrogen) atoms. The second-order valence-corrected chi connectivity index (χ2v) is 9.30. The molecule has 2 fully saturated rings. The number of Topliss-reactive ketones (excluding diaryl/α,β-unsaturated/α-hetero) is 1. The van der Waals surface area contributed by atoms with Crippen LogP contribution < -0.4 is 0 Å². The maximum absolute atomic E-state index is 12.4. The second-order valence-electron chi connectivity index (χ2n) is 8.15. The molecule has 0 saturated heterocycles.